The van der Waals surface area contributed by atoms with Crippen LogP contribution in [-0.2, 0) is 27.0 Å². The highest BCUT2D eigenvalue weighted by molar-refractivity contribution is 6.18. The van der Waals surface area contributed by atoms with Crippen LogP contribution >= 0.6 is 0 Å². The number of ether oxygens (including phenoxy) is 4. The van der Waals surface area contributed by atoms with E-state index < -0.39 is 23.3 Å². The van der Waals surface area contributed by atoms with Crippen molar-refractivity contribution in [1.29, 1.82) is 5.41 Å². The standard InChI is InChI=1S/C36H42F3N5O6/c1-22(45)41-30-20-35(30)10-12-44(21-35)24-7-8-28(36(37,38)39)29(18-24)42-34(46)33-27(32(40)23-16-25(47-2)19-26(17-23)48-3)9-11-43(33)13-15-50-31-6-4-5-14-49-31/h7-9,11,16-19,30-31,40H,4-6,10,12-15,20-21H2,1-3H3,(H,41,45)(H,42,46)/t30?,31?,35-/m0/s1. The van der Waals surface area contributed by atoms with Crippen LogP contribution in [0.25, 0.3) is 0 Å². The van der Waals surface area contributed by atoms with E-state index in [-0.39, 0.29) is 53.8 Å². The Morgan fingerprint density at radius 2 is 1.84 bits per heavy atom. The number of methoxy groups -OCH3 is 2. The zero-order valence-corrected chi connectivity index (χ0v) is 28.3. The van der Waals surface area contributed by atoms with Gasteiger partial charge in [0.1, 0.15) is 17.2 Å². The van der Waals surface area contributed by atoms with Crippen molar-refractivity contribution in [3.05, 3.63) is 71.0 Å². The zero-order valence-electron chi connectivity index (χ0n) is 28.3. The van der Waals surface area contributed by atoms with Crippen molar-refractivity contribution >= 4 is 28.9 Å². The van der Waals surface area contributed by atoms with Gasteiger partial charge in [0, 0.05) is 73.7 Å². The molecule has 2 aliphatic heterocycles. The summed E-state index contributed by atoms with van der Waals surface area (Å²) in [5, 5.41) is 14.6. The number of anilines is 2. The molecule has 6 rings (SSSR count). The molecule has 2 amide bonds. The number of rotatable bonds is 12. The van der Waals surface area contributed by atoms with E-state index in [0.717, 1.165) is 38.2 Å². The minimum absolute atomic E-state index is 0.000249. The van der Waals surface area contributed by atoms with Gasteiger partial charge in [-0.25, -0.2) is 0 Å². The van der Waals surface area contributed by atoms with E-state index in [4.69, 9.17) is 24.4 Å². The van der Waals surface area contributed by atoms with Crippen LogP contribution in [0.1, 0.15) is 66.2 Å². The van der Waals surface area contributed by atoms with Gasteiger partial charge in [-0.3, -0.25) is 15.0 Å². The summed E-state index contributed by atoms with van der Waals surface area (Å²) in [4.78, 5) is 27.8. The smallest absolute Gasteiger partial charge is 0.418 e. The number of nitrogens with zero attached hydrogens (tertiary/aromatic N) is 2. The average Bonchev–Trinajstić information content (AvgIpc) is 3.38. The van der Waals surface area contributed by atoms with Crippen LogP contribution in [0.4, 0.5) is 24.5 Å². The molecule has 3 aromatic rings. The van der Waals surface area contributed by atoms with E-state index >= 15 is 0 Å². The Morgan fingerprint density at radius 1 is 1.08 bits per heavy atom. The maximum atomic E-state index is 14.4. The molecule has 3 atom stereocenters. The van der Waals surface area contributed by atoms with Gasteiger partial charge in [0.15, 0.2) is 6.29 Å². The molecule has 2 unspecified atom stereocenters. The lowest BCUT2D eigenvalue weighted by molar-refractivity contribution is -0.163. The molecule has 1 aromatic heterocycles. The molecular formula is C36H42F3N5O6. The summed E-state index contributed by atoms with van der Waals surface area (Å²) in [5.74, 6) is -0.0610. The largest absolute Gasteiger partial charge is 0.497 e. The van der Waals surface area contributed by atoms with E-state index in [9.17, 15) is 22.8 Å². The molecule has 0 radical (unpaired) electrons. The van der Waals surface area contributed by atoms with Crippen molar-refractivity contribution in [2.24, 2.45) is 5.41 Å². The number of carbonyl (C=O) groups is 2. The number of carbonyl (C=O) groups excluding carboxylic acids is 2. The number of nitrogens with one attached hydrogen (secondary N) is 3. The number of halogens is 3. The summed E-state index contributed by atoms with van der Waals surface area (Å²) < 4.78 is 67.0. The van der Waals surface area contributed by atoms with Crippen LogP contribution in [0.5, 0.6) is 11.5 Å². The highest BCUT2D eigenvalue weighted by atomic mass is 19.4. The summed E-state index contributed by atoms with van der Waals surface area (Å²) in [5.41, 5.74) is -0.416. The molecule has 268 valence electrons. The summed E-state index contributed by atoms with van der Waals surface area (Å²) in [6.45, 7) is 3.62. The number of aromatic nitrogens is 1. The van der Waals surface area contributed by atoms with Crippen LogP contribution in [0, 0.1) is 10.8 Å². The second-order valence-electron chi connectivity index (χ2n) is 13.1. The fourth-order valence-corrected chi connectivity index (χ4v) is 6.97. The third-order valence-corrected chi connectivity index (χ3v) is 9.74. The SMILES string of the molecule is COc1cc(OC)cc(C(=N)c2ccn(CCOC3CCCCO3)c2C(=O)Nc2cc(N3CC[C@]4(CC4NC(C)=O)C3)ccc2C(F)(F)F)c1. The topological polar surface area (TPSA) is 127 Å². The van der Waals surface area contributed by atoms with Crippen molar-refractivity contribution < 1.29 is 41.7 Å². The van der Waals surface area contributed by atoms with Crippen molar-refractivity contribution in [2.75, 3.05) is 50.7 Å². The van der Waals surface area contributed by atoms with Crippen LogP contribution < -0.4 is 25.0 Å². The first-order chi connectivity index (χ1) is 23.9. The predicted octanol–water partition coefficient (Wildman–Crippen LogP) is 5.84. The van der Waals surface area contributed by atoms with Crippen LogP contribution in [0.15, 0.2) is 48.7 Å². The lowest BCUT2D eigenvalue weighted by Crippen LogP contribution is -2.29. The lowest BCUT2D eigenvalue weighted by atomic mass is 10.0. The van der Waals surface area contributed by atoms with Gasteiger partial charge < -0.3 is 39.0 Å². The van der Waals surface area contributed by atoms with Gasteiger partial charge in [-0.05, 0) is 68.5 Å². The molecule has 50 heavy (non-hydrogen) atoms. The van der Waals surface area contributed by atoms with Gasteiger partial charge in [0.25, 0.3) is 5.91 Å². The molecule has 14 heteroatoms. The molecule has 3 N–H and O–H groups in total. The molecule has 3 heterocycles. The first kappa shape index (κ1) is 35.3. The maximum Gasteiger partial charge on any atom is 0.418 e. The molecule has 11 nitrogen and oxygen atoms in total. The minimum atomic E-state index is -4.75. The Balaban J connectivity index is 1.30. The van der Waals surface area contributed by atoms with Gasteiger partial charge in [0.05, 0.1) is 37.8 Å². The Morgan fingerprint density at radius 3 is 2.50 bits per heavy atom. The molecule has 1 saturated carbocycles. The molecule has 3 aliphatic rings. The molecule has 0 bridgehead atoms. The molecule has 2 saturated heterocycles. The number of benzene rings is 2. The molecule has 1 aliphatic carbocycles. The normalized spacial score (nSPS) is 21.6. The number of hydrogen-bond donors (Lipinski definition) is 3. The van der Waals surface area contributed by atoms with Crippen LogP contribution in [-0.4, -0.2) is 74.9 Å². The Hall–Kier alpha value is -4.56. The Kier molecular flexibility index (Phi) is 10.1. The average molecular weight is 698 g/mol. The van der Waals surface area contributed by atoms with Crippen LogP contribution in [0.3, 0.4) is 0 Å². The van der Waals surface area contributed by atoms with Gasteiger partial charge in [-0.1, -0.05) is 0 Å². The third-order valence-electron chi connectivity index (χ3n) is 9.74. The highest BCUT2D eigenvalue weighted by Crippen LogP contribution is 2.54. The molecule has 2 aromatic carbocycles. The lowest BCUT2D eigenvalue weighted by Gasteiger charge is -2.23. The number of amides is 2. The molecule has 3 fully saturated rings. The first-order valence-corrected chi connectivity index (χ1v) is 16.7. The van der Waals surface area contributed by atoms with Crippen LogP contribution in [0.2, 0.25) is 0 Å². The van der Waals surface area contributed by atoms with E-state index in [1.807, 2.05) is 4.90 Å². The molecule has 1 spiro atoms. The molecular weight excluding hydrogens is 655 g/mol. The van der Waals surface area contributed by atoms with Crippen molar-refractivity contribution in [3.63, 3.8) is 0 Å². The van der Waals surface area contributed by atoms with Gasteiger partial charge in [-0.15, -0.1) is 0 Å². The second-order valence-corrected chi connectivity index (χ2v) is 13.1. The first-order valence-electron chi connectivity index (χ1n) is 16.7. The summed E-state index contributed by atoms with van der Waals surface area (Å²) >= 11 is 0. The van der Waals surface area contributed by atoms with Crippen molar-refractivity contribution in [1.82, 2.24) is 9.88 Å². The van der Waals surface area contributed by atoms with Crippen molar-refractivity contribution in [3.8, 4) is 11.5 Å². The Labute approximate surface area is 288 Å². The summed E-state index contributed by atoms with van der Waals surface area (Å²) in [7, 11) is 2.96. The second kappa shape index (κ2) is 14.4. The van der Waals surface area contributed by atoms with Gasteiger partial charge in [-0.2, -0.15) is 13.2 Å². The summed E-state index contributed by atoms with van der Waals surface area (Å²) in [6, 6.07) is 10.3. The predicted molar refractivity (Wildman–Crippen MR) is 180 cm³/mol. The minimum Gasteiger partial charge on any atom is -0.497 e. The maximum absolute atomic E-state index is 14.4. The Bertz CT molecular complexity index is 1730. The third kappa shape index (κ3) is 7.60. The monoisotopic (exact) mass is 697 g/mol. The van der Waals surface area contributed by atoms with Crippen molar-refractivity contribution in [2.45, 2.75) is 64.1 Å². The zero-order chi connectivity index (χ0) is 35.6. The van der Waals surface area contributed by atoms with E-state index in [0.29, 0.717) is 42.4 Å². The quantitative estimate of drug-likeness (QED) is 0.203. The van der Waals surface area contributed by atoms with E-state index in [1.54, 1.807) is 35.0 Å². The van der Waals surface area contributed by atoms with Gasteiger partial charge in [0.2, 0.25) is 5.91 Å². The van der Waals surface area contributed by atoms with Gasteiger partial charge >= 0.3 is 6.18 Å². The number of hydrogen-bond acceptors (Lipinski definition) is 8. The van der Waals surface area contributed by atoms with E-state index in [2.05, 4.69) is 10.6 Å². The number of alkyl halides is 3. The summed E-state index contributed by atoms with van der Waals surface area (Å²) in [6.07, 6.45) is 0.786. The fraction of sp³-hybridized carbons (Fsp3) is 0.472. The highest BCUT2D eigenvalue weighted by Gasteiger charge is 2.58. The fourth-order valence-electron chi connectivity index (χ4n) is 6.97. The van der Waals surface area contributed by atoms with E-state index in [1.165, 1.54) is 33.3 Å².